The Balaban J connectivity index is 1.78. The topological polar surface area (TPSA) is 85.8 Å². The number of fused-ring (bicyclic) bond motifs is 2. The third-order valence-electron chi connectivity index (χ3n) is 5.56. The number of ether oxygens (including phenoxy) is 1. The number of anilines is 1. The van der Waals surface area contributed by atoms with Crippen LogP contribution in [0.1, 0.15) is 52.9 Å². The van der Waals surface area contributed by atoms with Crippen LogP contribution in [0, 0.1) is 13.8 Å². The summed E-state index contributed by atoms with van der Waals surface area (Å²) < 4.78 is 17.1. The molecule has 1 amide bonds. The molecule has 5 rings (SSSR count). The van der Waals surface area contributed by atoms with E-state index >= 15 is 0 Å². The van der Waals surface area contributed by atoms with E-state index < -0.39 is 11.9 Å². The Labute approximate surface area is 194 Å². The molecule has 0 saturated heterocycles. The average Bonchev–Trinajstić information content (AvgIpc) is 3.30. The number of hydrogen-bond acceptors (Lipinski definition) is 6. The van der Waals surface area contributed by atoms with E-state index in [1.165, 1.54) is 4.90 Å². The highest BCUT2D eigenvalue weighted by molar-refractivity contribution is 6.32. The molecule has 33 heavy (non-hydrogen) atoms. The molecule has 0 radical (unpaired) electrons. The normalized spacial score (nSPS) is 15.5. The predicted molar refractivity (Wildman–Crippen MR) is 124 cm³/mol. The Morgan fingerprint density at radius 1 is 1.12 bits per heavy atom. The smallest absolute Gasteiger partial charge is 0.296 e. The SMILES string of the molecule is Cc1cc(N2C(=O)c3oc4cc(C)c(Cl)cc4c(=O)c3C2c2cccc(OC(C)C)c2)no1. The standard InChI is InChI=1S/C25H21ClN2O5/c1-12(2)31-16-7-5-6-15(10-16)22-21-23(29)17-11-18(26)13(3)8-19(17)32-24(21)25(30)28(22)20-9-14(4)33-27-20/h5-12,22H,1-4H3. The molecule has 1 aliphatic heterocycles. The van der Waals surface area contributed by atoms with Gasteiger partial charge in [-0.1, -0.05) is 28.9 Å². The van der Waals surface area contributed by atoms with Gasteiger partial charge in [0, 0.05) is 11.1 Å². The van der Waals surface area contributed by atoms with Gasteiger partial charge in [0.25, 0.3) is 5.91 Å². The monoisotopic (exact) mass is 464 g/mol. The molecule has 2 aromatic carbocycles. The van der Waals surface area contributed by atoms with Gasteiger partial charge >= 0.3 is 0 Å². The number of amides is 1. The van der Waals surface area contributed by atoms with E-state index in [0.29, 0.717) is 38.9 Å². The molecule has 0 spiro atoms. The van der Waals surface area contributed by atoms with Gasteiger partial charge in [-0.15, -0.1) is 0 Å². The first-order valence-electron chi connectivity index (χ1n) is 10.5. The molecule has 0 aliphatic carbocycles. The summed E-state index contributed by atoms with van der Waals surface area (Å²) in [7, 11) is 0. The number of benzene rings is 2. The average molecular weight is 465 g/mol. The second kappa shape index (κ2) is 7.78. The van der Waals surface area contributed by atoms with Gasteiger partial charge in [0.15, 0.2) is 11.2 Å². The molecule has 7 nitrogen and oxygen atoms in total. The lowest BCUT2D eigenvalue weighted by Crippen LogP contribution is -2.29. The fraction of sp³-hybridized carbons (Fsp3) is 0.240. The number of aromatic nitrogens is 1. The zero-order valence-corrected chi connectivity index (χ0v) is 19.3. The first-order chi connectivity index (χ1) is 15.7. The summed E-state index contributed by atoms with van der Waals surface area (Å²) in [5, 5.41) is 4.80. The molecule has 3 heterocycles. The summed E-state index contributed by atoms with van der Waals surface area (Å²) in [6.45, 7) is 7.40. The Kier molecular flexibility index (Phi) is 5.01. The van der Waals surface area contributed by atoms with Crippen molar-refractivity contribution < 1.29 is 18.5 Å². The highest BCUT2D eigenvalue weighted by Gasteiger charge is 2.45. The fourth-order valence-electron chi connectivity index (χ4n) is 4.14. The van der Waals surface area contributed by atoms with Gasteiger partial charge in [-0.05, 0) is 63.1 Å². The van der Waals surface area contributed by atoms with E-state index in [2.05, 4.69) is 5.16 Å². The van der Waals surface area contributed by atoms with Crippen molar-refractivity contribution in [2.45, 2.75) is 39.8 Å². The maximum Gasteiger partial charge on any atom is 0.296 e. The second-order valence-electron chi connectivity index (χ2n) is 8.38. The van der Waals surface area contributed by atoms with Crippen molar-refractivity contribution in [3.8, 4) is 5.75 Å². The first-order valence-corrected chi connectivity index (χ1v) is 10.9. The van der Waals surface area contributed by atoms with Crippen molar-refractivity contribution in [2.75, 3.05) is 4.90 Å². The van der Waals surface area contributed by atoms with Gasteiger partial charge in [-0.2, -0.15) is 0 Å². The third kappa shape index (κ3) is 3.49. The van der Waals surface area contributed by atoms with Gasteiger partial charge in [0.05, 0.1) is 23.1 Å². The second-order valence-corrected chi connectivity index (χ2v) is 8.79. The molecule has 0 saturated carbocycles. The van der Waals surface area contributed by atoms with Gasteiger partial charge in [-0.3, -0.25) is 14.5 Å². The molecule has 0 bridgehead atoms. The largest absolute Gasteiger partial charge is 0.491 e. The summed E-state index contributed by atoms with van der Waals surface area (Å²) in [4.78, 5) is 28.7. The molecule has 4 aromatic rings. The maximum absolute atomic E-state index is 13.7. The molecule has 1 atom stereocenters. The summed E-state index contributed by atoms with van der Waals surface area (Å²) in [6, 6.07) is 11.4. The van der Waals surface area contributed by atoms with E-state index in [-0.39, 0.29) is 22.9 Å². The van der Waals surface area contributed by atoms with E-state index in [0.717, 1.165) is 5.56 Å². The minimum absolute atomic E-state index is 0.0185. The number of carbonyl (C=O) groups excluding carboxylic acids is 1. The molecule has 2 aromatic heterocycles. The van der Waals surface area contributed by atoms with Crippen molar-refractivity contribution in [1.29, 1.82) is 0 Å². The molecular weight excluding hydrogens is 444 g/mol. The molecule has 8 heteroatoms. The van der Waals surface area contributed by atoms with Crippen LogP contribution in [0.3, 0.4) is 0 Å². The fourth-order valence-corrected chi connectivity index (χ4v) is 4.31. The van der Waals surface area contributed by atoms with E-state index in [1.54, 1.807) is 25.1 Å². The Morgan fingerprint density at radius 3 is 2.61 bits per heavy atom. The maximum atomic E-state index is 13.7. The highest BCUT2D eigenvalue weighted by Crippen LogP contribution is 2.42. The summed E-state index contributed by atoms with van der Waals surface area (Å²) in [5.74, 6) is 0.974. The summed E-state index contributed by atoms with van der Waals surface area (Å²) in [6.07, 6.45) is -0.0357. The van der Waals surface area contributed by atoms with Crippen LogP contribution in [-0.4, -0.2) is 17.2 Å². The summed E-state index contributed by atoms with van der Waals surface area (Å²) in [5.41, 5.74) is 1.66. The molecule has 168 valence electrons. The van der Waals surface area contributed by atoms with Crippen molar-refractivity contribution >= 4 is 34.3 Å². The molecule has 0 fully saturated rings. The molecule has 0 N–H and O–H groups in total. The van der Waals surface area contributed by atoms with Crippen LogP contribution in [0.4, 0.5) is 5.82 Å². The highest BCUT2D eigenvalue weighted by atomic mass is 35.5. The molecule has 1 aliphatic rings. The Hall–Kier alpha value is -3.58. The van der Waals surface area contributed by atoms with Crippen LogP contribution in [-0.2, 0) is 0 Å². The minimum Gasteiger partial charge on any atom is -0.491 e. The number of aryl methyl sites for hydroxylation is 2. The number of nitrogens with zero attached hydrogens (tertiary/aromatic N) is 2. The van der Waals surface area contributed by atoms with E-state index in [9.17, 15) is 9.59 Å². The lowest BCUT2D eigenvalue weighted by molar-refractivity contribution is 0.0969. The van der Waals surface area contributed by atoms with Crippen LogP contribution in [0.15, 0.2) is 56.2 Å². The summed E-state index contributed by atoms with van der Waals surface area (Å²) >= 11 is 6.29. The number of carbonyl (C=O) groups is 1. The van der Waals surface area contributed by atoms with Crippen molar-refractivity contribution in [1.82, 2.24) is 5.16 Å². The van der Waals surface area contributed by atoms with Gasteiger partial charge in [0.2, 0.25) is 5.76 Å². The van der Waals surface area contributed by atoms with Crippen molar-refractivity contribution in [3.63, 3.8) is 0 Å². The Morgan fingerprint density at radius 2 is 1.91 bits per heavy atom. The zero-order valence-electron chi connectivity index (χ0n) is 18.5. The van der Waals surface area contributed by atoms with Gasteiger partial charge in [0.1, 0.15) is 17.1 Å². The quantitative estimate of drug-likeness (QED) is 0.391. The number of rotatable bonds is 4. The van der Waals surface area contributed by atoms with Crippen LogP contribution < -0.4 is 15.1 Å². The van der Waals surface area contributed by atoms with Gasteiger partial charge < -0.3 is 13.7 Å². The molecule has 1 unspecified atom stereocenters. The Bertz CT molecular complexity index is 1470. The predicted octanol–water partition coefficient (Wildman–Crippen LogP) is 5.59. The first kappa shape index (κ1) is 21.3. The lowest BCUT2D eigenvalue weighted by Gasteiger charge is -2.23. The third-order valence-corrected chi connectivity index (χ3v) is 5.97. The molecular formula is C25H21ClN2O5. The van der Waals surface area contributed by atoms with Crippen LogP contribution in [0.25, 0.3) is 11.0 Å². The van der Waals surface area contributed by atoms with Crippen molar-refractivity contribution in [3.05, 3.63) is 85.9 Å². The number of hydrogen-bond donors (Lipinski definition) is 0. The van der Waals surface area contributed by atoms with Crippen LogP contribution in [0.2, 0.25) is 5.02 Å². The minimum atomic E-state index is -0.770. The van der Waals surface area contributed by atoms with Gasteiger partial charge in [-0.25, -0.2) is 0 Å². The van der Waals surface area contributed by atoms with Crippen molar-refractivity contribution in [2.24, 2.45) is 0 Å². The van der Waals surface area contributed by atoms with Crippen LogP contribution >= 0.6 is 11.6 Å². The van der Waals surface area contributed by atoms with Crippen LogP contribution in [0.5, 0.6) is 5.75 Å². The number of halogens is 1. The van der Waals surface area contributed by atoms with E-state index in [4.69, 9.17) is 25.3 Å². The zero-order chi connectivity index (χ0) is 23.4. The van der Waals surface area contributed by atoms with E-state index in [1.807, 2.05) is 45.0 Å². The lowest BCUT2D eigenvalue weighted by atomic mass is 9.98.